The fourth-order valence-electron chi connectivity index (χ4n) is 4.93. The van der Waals surface area contributed by atoms with Crippen LogP contribution in [0.4, 0.5) is 41.8 Å². The van der Waals surface area contributed by atoms with Crippen molar-refractivity contribution in [2.45, 2.75) is 76.4 Å². The normalized spacial score (nSPS) is 19.0. The quantitative estimate of drug-likeness (QED) is 0.206. The molecule has 45 heavy (non-hydrogen) atoms. The van der Waals surface area contributed by atoms with Crippen molar-refractivity contribution in [3.8, 4) is 10.6 Å². The molecule has 3 N–H and O–H groups in total. The molecular formula is C28H30F6N6O4S. The predicted octanol–water partition coefficient (Wildman–Crippen LogP) is 6.46. The molecule has 3 atom stereocenters. The summed E-state index contributed by atoms with van der Waals surface area (Å²) in [6.45, 7) is 4.84. The van der Waals surface area contributed by atoms with Gasteiger partial charge in [-0.3, -0.25) is 19.6 Å². The number of alkyl halides is 4. The summed E-state index contributed by atoms with van der Waals surface area (Å²) < 4.78 is 88.9. The zero-order valence-corrected chi connectivity index (χ0v) is 25.3. The minimum absolute atomic E-state index is 0.111. The van der Waals surface area contributed by atoms with Crippen molar-refractivity contribution < 1.29 is 45.5 Å². The molecule has 4 rings (SSSR count). The van der Waals surface area contributed by atoms with Crippen LogP contribution in [0.25, 0.3) is 10.6 Å². The van der Waals surface area contributed by atoms with Gasteiger partial charge in [-0.2, -0.15) is 18.3 Å². The van der Waals surface area contributed by atoms with Crippen molar-refractivity contribution >= 4 is 39.9 Å². The Morgan fingerprint density at radius 3 is 2.29 bits per heavy atom. The monoisotopic (exact) mass is 660 g/mol. The molecule has 0 aliphatic heterocycles. The number of carbonyl (C=O) groups excluding carboxylic acids is 3. The predicted molar refractivity (Wildman–Crippen MR) is 153 cm³/mol. The van der Waals surface area contributed by atoms with Crippen LogP contribution in [0.3, 0.4) is 0 Å². The van der Waals surface area contributed by atoms with E-state index >= 15 is 0 Å². The summed E-state index contributed by atoms with van der Waals surface area (Å²) in [5, 5.41) is 10.5. The maximum absolute atomic E-state index is 14.8. The Labute approximate surface area is 257 Å². The van der Waals surface area contributed by atoms with E-state index in [1.54, 1.807) is 33.1 Å². The number of halogens is 6. The van der Waals surface area contributed by atoms with Gasteiger partial charge in [-0.15, -0.1) is 0 Å². The highest BCUT2D eigenvalue weighted by molar-refractivity contribution is 7.19. The summed E-state index contributed by atoms with van der Waals surface area (Å²) in [5.41, 5.74) is -1.22. The van der Waals surface area contributed by atoms with Gasteiger partial charge in [0.1, 0.15) is 33.4 Å². The number of rotatable bonds is 6. The number of thiazole rings is 1. The van der Waals surface area contributed by atoms with Crippen molar-refractivity contribution in [3.05, 3.63) is 47.4 Å². The third-order valence-corrected chi connectivity index (χ3v) is 7.87. The molecule has 2 heterocycles. The molecule has 10 nitrogen and oxygen atoms in total. The van der Waals surface area contributed by atoms with Crippen LogP contribution in [0.1, 0.15) is 68.6 Å². The van der Waals surface area contributed by atoms with Gasteiger partial charge in [0.05, 0.1) is 29.2 Å². The minimum atomic E-state index is -5.16. The number of aromatic nitrogens is 3. The number of amides is 3. The zero-order chi connectivity index (χ0) is 33.3. The van der Waals surface area contributed by atoms with E-state index in [4.69, 9.17) is 4.74 Å². The maximum atomic E-state index is 14.8. The van der Waals surface area contributed by atoms with Crippen molar-refractivity contribution in [2.75, 3.05) is 10.6 Å². The van der Waals surface area contributed by atoms with Crippen LogP contribution in [0.15, 0.2) is 24.4 Å². The third-order valence-electron chi connectivity index (χ3n) is 6.88. The highest BCUT2D eigenvalue weighted by atomic mass is 32.1. The first-order valence-corrected chi connectivity index (χ1v) is 14.6. The first kappa shape index (κ1) is 33.7. The van der Waals surface area contributed by atoms with Crippen LogP contribution >= 0.6 is 11.3 Å². The topological polar surface area (TPSA) is 127 Å². The molecule has 3 aromatic rings. The van der Waals surface area contributed by atoms with Crippen LogP contribution in [0.2, 0.25) is 0 Å². The Balaban J connectivity index is 1.61. The molecule has 3 amide bonds. The number of hydrogen-bond acceptors (Lipinski definition) is 7. The number of nitrogens with zero attached hydrogens (tertiary/aromatic N) is 3. The number of nitrogens with one attached hydrogen (secondary N) is 3. The lowest BCUT2D eigenvalue weighted by molar-refractivity contribution is -0.174. The SMILES string of the molecule is Cn1ncc(NC(=O)c2nc(-c3c(F)cccc3F)sc2NC(=O)OC(C)(C)C)c1[C@H]1CC[C@H](F)[C@H](NC(=O)C(F)(F)F)CC1. The van der Waals surface area contributed by atoms with Gasteiger partial charge in [0.25, 0.3) is 5.91 Å². The number of aryl methyl sites for hydroxylation is 1. The van der Waals surface area contributed by atoms with Crippen molar-refractivity contribution in [2.24, 2.45) is 7.05 Å². The van der Waals surface area contributed by atoms with Gasteiger partial charge in [0.2, 0.25) is 0 Å². The first-order valence-electron chi connectivity index (χ1n) is 13.7. The fraction of sp³-hybridized carbons (Fsp3) is 0.464. The zero-order valence-electron chi connectivity index (χ0n) is 24.5. The van der Waals surface area contributed by atoms with Gasteiger partial charge in [-0.25, -0.2) is 22.9 Å². The number of anilines is 2. The van der Waals surface area contributed by atoms with Crippen LogP contribution in [0, 0.1) is 11.6 Å². The van der Waals surface area contributed by atoms with E-state index in [1.165, 1.54) is 10.9 Å². The van der Waals surface area contributed by atoms with Gasteiger partial charge >= 0.3 is 18.2 Å². The Morgan fingerprint density at radius 1 is 1.02 bits per heavy atom. The summed E-state index contributed by atoms with van der Waals surface area (Å²) in [4.78, 5) is 41.6. The molecule has 2 aromatic heterocycles. The fourth-order valence-corrected chi connectivity index (χ4v) is 5.92. The molecule has 1 fully saturated rings. The standard InChI is InChI=1S/C28H30F6N6O4S/c1-27(2,3)44-26(43)39-24-20(38-23(45-24)19-15(30)6-5-7-16(19)31)22(41)36-18-12-35-40(4)21(18)13-8-10-14(29)17(11-9-13)37-25(42)28(32,33)34/h5-7,12-14,17H,8-11H2,1-4H3,(H,36,41)(H,37,42)(H,39,43)/t13-,14-,17+/m0/s1. The lowest BCUT2D eigenvalue weighted by Gasteiger charge is -2.20. The molecule has 244 valence electrons. The van der Waals surface area contributed by atoms with Gasteiger partial charge in [0.15, 0.2) is 5.69 Å². The number of carbonyl (C=O) groups is 3. The highest BCUT2D eigenvalue weighted by Gasteiger charge is 2.42. The third kappa shape index (κ3) is 8.12. The number of hydrogen-bond donors (Lipinski definition) is 3. The molecule has 1 aromatic carbocycles. The van der Waals surface area contributed by atoms with Crippen molar-refractivity contribution in [1.82, 2.24) is 20.1 Å². The highest BCUT2D eigenvalue weighted by Crippen LogP contribution is 2.39. The lowest BCUT2D eigenvalue weighted by atomic mass is 9.95. The summed E-state index contributed by atoms with van der Waals surface area (Å²) in [7, 11) is 1.56. The van der Waals surface area contributed by atoms with Gasteiger partial charge in [0, 0.05) is 13.0 Å². The molecule has 1 aliphatic rings. The number of benzene rings is 1. The molecule has 0 bridgehead atoms. The maximum Gasteiger partial charge on any atom is 0.471 e. The average Bonchev–Trinajstić information content (AvgIpc) is 3.43. The van der Waals surface area contributed by atoms with E-state index in [9.17, 15) is 40.7 Å². The molecular weight excluding hydrogens is 630 g/mol. The Morgan fingerprint density at radius 2 is 1.67 bits per heavy atom. The summed E-state index contributed by atoms with van der Waals surface area (Å²) in [5.74, 6) is -5.48. The van der Waals surface area contributed by atoms with E-state index in [0.717, 1.165) is 18.2 Å². The van der Waals surface area contributed by atoms with Crippen LogP contribution in [0.5, 0.6) is 0 Å². The van der Waals surface area contributed by atoms with E-state index < -0.39 is 70.7 Å². The number of ether oxygens (including phenoxy) is 1. The largest absolute Gasteiger partial charge is 0.471 e. The van der Waals surface area contributed by atoms with Gasteiger partial charge < -0.3 is 15.4 Å². The first-order chi connectivity index (χ1) is 20.9. The smallest absolute Gasteiger partial charge is 0.444 e. The summed E-state index contributed by atoms with van der Waals surface area (Å²) in [6, 6.07) is 1.82. The van der Waals surface area contributed by atoms with Gasteiger partial charge in [-0.05, 0) is 58.6 Å². The Hall–Kier alpha value is -4.15. The van der Waals surface area contributed by atoms with E-state index in [0.29, 0.717) is 17.0 Å². The second-order valence-corrected chi connectivity index (χ2v) is 12.4. The lowest BCUT2D eigenvalue weighted by Crippen LogP contribution is -2.46. The summed E-state index contributed by atoms with van der Waals surface area (Å²) in [6.07, 6.45) is -6.49. The molecule has 0 radical (unpaired) electrons. The molecule has 1 aliphatic carbocycles. The summed E-state index contributed by atoms with van der Waals surface area (Å²) >= 11 is 0.640. The second-order valence-electron chi connectivity index (χ2n) is 11.4. The molecule has 1 saturated carbocycles. The Bertz CT molecular complexity index is 1560. The molecule has 0 unspecified atom stereocenters. The van der Waals surface area contributed by atoms with Crippen LogP contribution < -0.4 is 16.0 Å². The molecule has 0 spiro atoms. The van der Waals surface area contributed by atoms with Crippen molar-refractivity contribution in [3.63, 3.8) is 0 Å². The van der Waals surface area contributed by atoms with Crippen LogP contribution in [-0.2, 0) is 16.6 Å². The van der Waals surface area contributed by atoms with Crippen molar-refractivity contribution in [1.29, 1.82) is 0 Å². The van der Waals surface area contributed by atoms with Gasteiger partial charge in [-0.1, -0.05) is 17.4 Å². The average molecular weight is 661 g/mol. The minimum Gasteiger partial charge on any atom is -0.444 e. The van der Waals surface area contributed by atoms with E-state index in [2.05, 4.69) is 20.7 Å². The molecule has 0 saturated heterocycles. The second kappa shape index (κ2) is 13.1. The molecule has 17 heteroatoms. The van der Waals surface area contributed by atoms with E-state index in [1.807, 2.05) is 0 Å². The van der Waals surface area contributed by atoms with E-state index in [-0.39, 0.29) is 41.4 Å². The van der Waals surface area contributed by atoms with Crippen LogP contribution in [-0.4, -0.2) is 56.7 Å². The Kier molecular flexibility index (Phi) is 9.80.